The van der Waals surface area contributed by atoms with Crippen molar-refractivity contribution < 1.29 is 9.53 Å². The van der Waals surface area contributed by atoms with Gasteiger partial charge in [0.25, 0.3) is 0 Å². The molecule has 1 aromatic carbocycles. The molecular weight excluding hydrogens is 240 g/mol. The van der Waals surface area contributed by atoms with Crippen LogP contribution in [0.2, 0.25) is 0 Å². The van der Waals surface area contributed by atoms with E-state index in [2.05, 4.69) is 0 Å². The van der Waals surface area contributed by atoms with Gasteiger partial charge in [-0.15, -0.1) is 0 Å². The van der Waals surface area contributed by atoms with Crippen LogP contribution < -0.4 is 5.73 Å². The van der Waals surface area contributed by atoms with Crippen LogP contribution in [-0.2, 0) is 16.0 Å². The lowest BCUT2D eigenvalue weighted by Crippen LogP contribution is -2.48. The minimum atomic E-state index is 0.120. The SMILES string of the molecule is CC1CN(C(=O)CCc2ccccc2N)CC(C)O1. The standard InChI is InChI=1S/C15H22N2O2/c1-11-9-17(10-12(2)19-11)15(18)8-7-13-5-3-4-6-14(13)16/h3-6,11-12H,7-10,16H2,1-2H3. The summed E-state index contributed by atoms with van der Waals surface area (Å²) in [6, 6.07) is 7.72. The quantitative estimate of drug-likeness (QED) is 0.846. The summed E-state index contributed by atoms with van der Waals surface area (Å²) in [5.74, 6) is 0.185. The molecule has 1 aromatic rings. The Hall–Kier alpha value is -1.55. The van der Waals surface area contributed by atoms with E-state index < -0.39 is 0 Å². The zero-order valence-electron chi connectivity index (χ0n) is 11.6. The van der Waals surface area contributed by atoms with Gasteiger partial charge >= 0.3 is 0 Å². The van der Waals surface area contributed by atoms with Crippen molar-refractivity contribution in [2.45, 2.75) is 38.9 Å². The smallest absolute Gasteiger partial charge is 0.223 e. The number of morpholine rings is 1. The topological polar surface area (TPSA) is 55.6 Å². The maximum absolute atomic E-state index is 12.2. The van der Waals surface area contributed by atoms with Crippen LogP contribution in [0.1, 0.15) is 25.8 Å². The summed E-state index contributed by atoms with van der Waals surface area (Å²) in [5, 5.41) is 0. The van der Waals surface area contributed by atoms with Gasteiger partial charge in [0.15, 0.2) is 0 Å². The fourth-order valence-corrected chi connectivity index (χ4v) is 2.54. The molecule has 0 aromatic heterocycles. The van der Waals surface area contributed by atoms with Crippen LogP contribution in [0.25, 0.3) is 0 Å². The molecule has 1 heterocycles. The molecule has 2 rings (SSSR count). The molecule has 1 saturated heterocycles. The van der Waals surface area contributed by atoms with Gasteiger partial charge in [0.2, 0.25) is 5.91 Å². The normalized spacial score (nSPS) is 23.4. The van der Waals surface area contributed by atoms with Gasteiger partial charge in [0.05, 0.1) is 12.2 Å². The Morgan fingerprint density at radius 2 is 1.95 bits per heavy atom. The van der Waals surface area contributed by atoms with Crippen molar-refractivity contribution in [2.75, 3.05) is 18.8 Å². The molecule has 1 fully saturated rings. The second kappa shape index (κ2) is 6.06. The number of hydrogen-bond acceptors (Lipinski definition) is 3. The van der Waals surface area contributed by atoms with Crippen molar-refractivity contribution in [3.63, 3.8) is 0 Å². The van der Waals surface area contributed by atoms with Crippen molar-refractivity contribution in [2.24, 2.45) is 0 Å². The fourth-order valence-electron chi connectivity index (χ4n) is 2.54. The van der Waals surface area contributed by atoms with E-state index in [1.807, 2.05) is 43.0 Å². The third-order valence-corrected chi connectivity index (χ3v) is 3.44. The number of benzene rings is 1. The highest BCUT2D eigenvalue weighted by atomic mass is 16.5. The predicted molar refractivity (Wildman–Crippen MR) is 75.8 cm³/mol. The van der Waals surface area contributed by atoms with Gasteiger partial charge in [-0.2, -0.15) is 0 Å². The zero-order valence-corrected chi connectivity index (χ0v) is 11.6. The average Bonchev–Trinajstić information content (AvgIpc) is 2.36. The van der Waals surface area contributed by atoms with E-state index in [0.717, 1.165) is 11.3 Å². The Bertz CT molecular complexity index is 438. The lowest BCUT2D eigenvalue weighted by atomic mass is 10.1. The zero-order chi connectivity index (χ0) is 13.8. The van der Waals surface area contributed by atoms with Crippen LogP contribution in [0.15, 0.2) is 24.3 Å². The number of nitrogens with zero attached hydrogens (tertiary/aromatic N) is 1. The van der Waals surface area contributed by atoms with Gasteiger partial charge in [-0.1, -0.05) is 18.2 Å². The van der Waals surface area contributed by atoms with Gasteiger partial charge in [0, 0.05) is 25.2 Å². The van der Waals surface area contributed by atoms with Gasteiger partial charge in [-0.05, 0) is 31.9 Å². The third-order valence-electron chi connectivity index (χ3n) is 3.44. The third kappa shape index (κ3) is 3.70. The van der Waals surface area contributed by atoms with E-state index in [1.54, 1.807) is 0 Å². The number of hydrogen-bond donors (Lipinski definition) is 1. The number of carbonyl (C=O) groups excluding carboxylic acids is 1. The van der Waals surface area contributed by atoms with E-state index in [9.17, 15) is 4.79 Å². The molecule has 2 N–H and O–H groups in total. The molecule has 4 heteroatoms. The monoisotopic (exact) mass is 262 g/mol. The van der Waals surface area contributed by atoms with E-state index in [4.69, 9.17) is 10.5 Å². The number of rotatable bonds is 3. The molecule has 4 nitrogen and oxygen atoms in total. The largest absolute Gasteiger partial charge is 0.399 e. The number of anilines is 1. The predicted octanol–water partition coefficient (Wildman–Crippen LogP) is 1.84. The van der Waals surface area contributed by atoms with E-state index in [-0.39, 0.29) is 18.1 Å². The van der Waals surface area contributed by atoms with Crippen LogP contribution in [-0.4, -0.2) is 36.1 Å². The van der Waals surface area contributed by atoms with Crippen LogP contribution in [0.5, 0.6) is 0 Å². The molecule has 1 aliphatic heterocycles. The summed E-state index contributed by atoms with van der Waals surface area (Å²) in [6.07, 6.45) is 1.45. The number of para-hydroxylation sites is 1. The van der Waals surface area contributed by atoms with Gasteiger partial charge in [0.1, 0.15) is 0 Å². The molecule has 0 aliphatic carbocycles. The molecule has 0 saturated carbocycles. The van der Waals surface area contributed by atoms with Gasteiger partial charge < -0.3 is 15.4 Å². The summed E-state index contributed by atoms with van der Waals surface area (Å²) >= 11 is 0. The van der Waals surface area contributed by atoms with Crippen LogP contribution in [0.4, 0.5) is 5.69 Å². The molecule has 2 atom stereocenters. The van der Waals surface area contributed by atoms with Crippen molar-refractivity contribution in [1.29, 1.82) is 0 Å². The first kappa shape index (κ1) is 13.9. The maximum Gasteiger partial charge on any atom is 0.223 e. The van der Waals surface area contributed by atoms with Crippen molar-refractivity contribution in [1.82, 2.24) is 4.90 Å². The number of nitrogens with two attached hydrogens (primary N) is 1. The highest BCUT2D eigenvalue weighted by molar-refractivity contribution is 5.76. The highest BCUT2D eigenvalue weighted by Crippen LogP contribution is 2.16. The second-order valence-corrected chi connectivity index (χ2v) is 5.25. The Morgan fingerprint density at radius 3 is 2.58 bits per heavy atom. The lowest BCUT2D eigenvalue weighted by Gasteiger charge is -2.35. The van der Waals surface area contributed by atoms with E-state index in [0.29, 0.717) is 25.9 Å². The van der Waals surface area contributed by atoms with Crippen LogP contribution in [0, 0.1) is 0 Å². The average molecular weight is 262 g/mol. The first-order chi connectivity index (χ1) is 9.06. The number of ether oxygens (including phenoxy) is 1. The molecule has 1 amide bonds. The van der Waals surface area contributed by atoms with Gasteiger partial charge in [-0.3, -0.25) is 4.79 Å². The highest BCUT2D eigenvalue weighted by Gasteiger charge is 2.25. The van der Waals surface area contributed by atoms with Crippen molar-refractivity contribution in [3.8, 4) is 0 Å². The first-order valence-corrected chi connectivity index (χ1v) is 6.83. The summed E-state index contributed by atoms with van der Waals surface area (Å²) < 4.78 is 5.63. The Kier molecular flexibility index (Phi) is 4.43. The van der Waals surface area contributed by atoms with E-state index in [1.165, 1.54) is 0 Å². The number of carbonyl (C=O) groups is 1. The minimum absolute atomic E-state index is 0.120. The fraction of sp³-hybridized carbons (Fsp3) is 0.533. The Labute approximate surface area is 114 Å². The summed E-state index contributed by atoms with van der Waals surface area (Å²) in [7, 11) is 0. The first-order valence-electron chi connectivity index (χ1n) is 6.83. The molecule has 0 radical (unpaired) electrons. The molecular formula is C15H22N2O2. The molecule has 0 bridgehead atoms. The van der Waals surface area contributed by atoms with Crippen molar-refractivity contribution >= 4 is 11.6 Å². The maximum atomic E-state index is 12.2. The molecule has 1 aliphatic rings. The van der Waals surface area contributed by atoms with E-state index >= 15 is 0 Å². The van der Waals surface area contributed by atoms with Crippen LogP contribution >= 0.6 is 0 Å². The number of amides is 1. The van der Waals surface area contributed by atoms with Crippen molar-refractivity contribution in [3.05, 3.63) is 29.8 Å². The summed E-state index contributed by atoms with van der Waals surface area (Å²) in [5.41, 5.74) is 7.69. The molecule has 2 unspecified atom stereocenters. The van der Waals surface area contributed by atoms with Crippen LogP contribution in [0.3, 0.4) is 0 Å². The number of aryl methyl sites for hydroxylation is 1. The molecule has 104 valence electrons. The second-order valence-electron chi connectivity index (χ2n) is 5.25. The molecule has 19 heavy (non-hydrogen) atoms. The summed E-state index contributed by atoms with van der Waals surface area (Å²) in [6.45, 7) is 5.39. The summed E-state index contributed by atoms with van der Waals surface area (Å²) in [4.78, 5) is 14.1. The molecule has 0 spiro atoms. The Balaban J connectivity index is 1.89. The van der Waals surface area contributed by atoms with Gasteiger partial charge in [-0.25, -0.2) is 0 Å². The minimum Gasteiger partial charge on any atom is -0.399 e. The number of nitrogen functional groups attached to an aromatic ring is 1. The Morgan fingerprint density at radius 1 is 1.32 bits per heavy atom. The lowest BCUT2D eigenvalue weighted by molar-refractivity contribution is -0.143.